The number of hydrogen-bond donors (Lipinski definition) is 3. The van der Waals surface area contributed by atoms with Crippen molar-refractivity contribution in [2.45, 2.75) is 25.9 Å². The quantitative estimate of drug-likeness (QED) is 0.661. The average Bonchev–Trinajstić information content (AvgIpc) is 3.27. The Bertz CT molecular complexity index is 828. The molecule has 0 spiro atoms. The Hall–Kier alpha value is -2.67. The van der Waals surface area contributed by atoms with Gasteiger partial charge in [-0.2, -0.15) is 0 Å². The maximum Gasteiger partial charge on any atom is 0.273 e. The third-order valence-corrected chi connectivity index (χ3v) is 4.64. The molecular weight excluding hydrogens is 316 g/mol. The van der Waals surface area contributed by atoms with Gasteiger partial charge in [-0.15, -0.1) is 5.10 Å². The second-order valence-corrected chi connectivity index (χ2v) is 6.60. The molecule has 3 aromatic rings. The predicted octanol–water partition coefficient (Wildman–Crippen LogP) is 1.69. The molecule has 7 heteroatoms. The first-order valence-corrected chi connectivity index (χ1v) is 8.73. The van der Waals surface area contributed by atoms with E-state index in [1.165, 1.54) is 12.8 Å². The Morgan fingerprint density at radius 3 is 3.12 bits per heavy atom. The first-order chi connectivity index (χ1) is 12.3. The summed E-state index contributed by atoms with van der Waals surface area (Å²) in [6.45, 7) is 3.33. The number of aromatic amines is 1. The van der Waals surface area contributed by atoms with Crippen molar-refractivity contribution in [2.75, 3.05) is 13.1 Å². The topological polar surface area (TPSA) is 87.6 Å². The highest BCUT2D eigenvalue weighted by atomic mass is 16.2. The van der Waals surface area contributed by atoms with Crippen LogP contribution >= 0.6 is 0 Å². The van der Waals surface area contributed by atoms with Gasteiger partial charge in [0.2, 0.25) is 0 Å². The van der Waals surface area contributed by atoms with Crippen LogP contribution in [0.5, 0.6) is 0 Å². The van der Waals surface area contributed by atoms with Crippen molar-refractivity contribution in [2.24, 2.45) is 5.92 Å². The SMILES string of the molecule is O=C(NCc1cc2ccccc2[nH]1)c1cn(C[C@H]2CCCNC2)nn1. The lowest BCUT2D eigenvalue weighted by Gasteiger charge is -2.22. The van der Waals surface area contributed by atoms with E-state index in [4.69, 9.17) is 0 Å². The molecule has 0 bridgehead atoms. The summed E-state index contributed by atoms with van der Waals surface area (Å²) in [4.78, 5) is 15.6. The molecular formula is C18H22N6O. The highest BCUT2D eigenvalue weighted by molar-refractivity contribution is 5.91. The van der Waals surface area contributed by atoms with Crippen molar-refractivity contribution in [3.8, 4) is 0 Å². The molecule has 1 fully saturated rings. The second-order valence-electron chi connectivity index (χ2n) is 6.60. The van der Waals surface area contributed by atoms with Crippen molar-refractivity contribution >= 4 is 16.8 Å². The van der Waals surface area contributed by atoms with Gasteiger partial charge >= 0.3 is 0 Å². The third kappa shape index (κ3) is 3.71. The lowest BCUT2D eigenvalue weighted by atomic mass is 10.00. The number of para-hydroxylation sites is 1. The van der Waals surface area contributed by atoms with E-state index in [-0.39, 0.29) is 5.91 Å². The van der Waals surface area contributed by atoms with Gasteiger partial charge < -0.3 is 15.6 Å². The molecule has 0 aliphatic carbocycles. The zero-order valence-corrected chi connectivity index (χ0v) is 14.0. The molecule has 3 N–H and O–H groups in total. The Kier molecular flexibility index (Phi) is 4.47. The average molecular weight is 338 g/mol. The van der Waals surface area contributed by atoms with E-state index in [0.717, 1.165) is 36.2 Å². The summed E-state index contributed by atoms with van der Waals surface area (Å²) in [5, 5.41) is 15.5. The van der Waals surface area contributed by atoms with Gasteiger partial charge in [-0.1, -0.05) is 23.4 Å². The molecule has 1 aromatic carbocycles. The molecule has 7 nitrogen and oxygen atoms in total. The largest absolute Gasteiger partial charge is 0.357 e. The highest BCUT2D eigenvalue weighted by Crippen LogP contribution is 2.14. The number of hydrogen-bond acceptors (Lipinski definition) is 4. The number of rotatable bonds is 5. The number of amides is 1. The lowest BCUT2D eigenvalue weighted by molar-refractivity contribution is 0.0945. The molecule has 25 heavy (non-hydrogen) atoms. The molecule has 1 aliphatic rings. The van der Waals surface area contributed by atoms with Crippen LogP contribution in [-0.4, -0.2) is 39.0 Å². The smallest absolute Gasteiger partial charge is 0.273 e. The molecule has 0 saturated carbocycles. The summed E-state index contributed by atoms with van der Waals surface area (Å²) in [7, 11) is 0. The van der Waals surface area contributed by atoms with Gasteiger partial charge in [0.05, 0.1) is 12.7 Å². The molecule has 2 aromatic heterocycles. The molecule has 1 atom stereocenters. The maximum absolute atomic E-state index is 12.3. The number of piperidine rings is 1. The number of benzene rings is 1. The van der Waals surface area contributed by atoms with E-state index in [0.29, 0.717) is 18.2 Å². The zero-order valence-electron chi connectivity index (χ0n) is 14.0. The van der Waals surface area contributed by atoms with Crippen LogP contribution in [0.1, 0.15) is 29.0 Å². The molecule has 1 amide bonds. The van der Waals surface area contributed by atoms with Gasteiger partial charge in [0.15, 0.2) is 5.69 Å². The van der Waals surface area contributed by atoms with Crippen LogP contribution in [0, 0.1) is 5.92 Å². The summed E-state index contributed by atoms with van der Waals surface area (Å²) >= 11 is 0. The van der Waals surface area contributed by atoms with Crippen molar-refractivity contribution in [3.63, 3.8) is 0 Å². The van der Waals surface area contributed by atoms with Gasteiger partial charge in [0, 0.05) is 17.8 Å². The van der Waals surface area contributed by atoms with Crippen LogP contribution in [0.2, 0.25) is 0 Å². The van der Waals surface area contributed by atoms with Crippen LogP contribution < -0.4 is 10.6 Å². The summed E-state index contributed by atoms with van der Waals surface area (Å²) in [6.07, 6.45) is 4.11. The first-order valence-electron chi connectivity index (χ1n) is 8.73. The Morgan fingerprint density at radius 2 is 2.28 bits per heavy atom. The maximum atomic E-state index is 12.3. The van der Waals surface area contributed by atoms with Gasteiger partial charge in [-0.05, 0) is 49.4 Å². The Labute approximate surface area is 145 Å². The van der Waals surface area contributed by atoms with Crippen LogP contribution in [0.15, 0.2) is 36.5 Å². The van der Waals surface area contributed by atoms with Gasteiger partial charge in [-0.3, -0.25) is 9.48 Å². The van der Waals surface area contributed by atoms with E-state index in [1.54, 1.807) is 10.9 Å². The molecule has 1 aliphatic heterocycles. The van der Waals surface area contributed by atoms with E-state index in [9.17, 15) is 4.79 Å². The molecule has 130 valence electrons. The third-order valence-electron chi connectivity index (χ3n) is 4.64. The minimum Gasteiger partial charge on any atom is -0.357 e. The fourth-order valence-corrected chi connectivity index (χ4v) is 3.33. The van der Waals surface area contributed by atoms with Crippen molar-refractivity contribution < 1.29 is 4.79 Å². The van der Waals surface area contributed by atoms with Crippen LogP contribution in [-0.2, 0) is 13.1 Å². The zero-order chi connectivity index (χ0) is 17.1. The van der Waals surface area contributed by atoms with Gasteiger partial charge in [-0.25, -0.2) is 0 Å². The van der Waals surface area contributed by atoms with Crippen LogP contribution in [0.25, 0.3) is 10.9 Å². The normalized spacial score (nSPS) is 17.7. The number of H-pyrrole nitrogens is 1. The van der Waals surface area contributed by atoms with Gasteiger partial charge in [0.25, 0.3) is 5.91 Å². The van der Waals surface area contributed by atoms with E-state index >= 15 is 0 Å². The number of aromatic nitrogens is 4. The molecule has 1 saturated heterocycles. The summed E-state index contributed by atoms with van der Waals surface area (Å²) in [6, 6.07) is 10.1. The highest BCUT2D eigenvalue weighted by Gasteiger charge is 2.16. The Balaban J connectivity index is 1.34. The fraction of sp³-hybridized carbons (Fsp3) is 0.389. The monoisotopic (exact) mass is 338 g/mol. The van der Waals surface area contributed by atoms with Crippen LogP contribution in [0.3, 0.4) is 0 Å². The Morgan fingerprint density at radius 1 is 1.36 bits per heavy atom. The minimum atomic E-state index is -0.202. The summed E-state index contributed by atoms with van der Waals surface area (Å²) < 4.78 is 1.77. The van der Waals surface area contributed by atoms with Gasteiger partial charge in [0.1, 0.15) is 0 Å². The molecule has 3 heterocycles. The summed E-state index contributed by atoms with van der Waals surface area (Å²) in [5.41, 5.74) is 2.40. The minimum absolute atomic E-state index is 0.202. The number of fused-ring (bicyclic) bond motifs is 1. The second kappa shape index (κ2) is 7.06. The molecule has 0 radical (unpaired) electrons. The van der Waals surface area contributed by atoms with E-state index in [2.05, 4.69) is 25.9 Å². The van der Waals surface area contributed by atoms with Crippen molar-refractivity contribution in [1.29, 1.82) is 0 Å². The predicted molar refractivity (Wildman–Crippen MR) is 95.1 cm³/mol. The molecule has 4 rings (SSSR count). The molecule has 0 unspecified atom stereocenters. The lowest BCUT2D eigenvalue weighted by Crippen LogP contribution is -2.32. The standard InChI is InChI=1S/C18H22N6O/c25-18(20-10-15-8-14-5-1-2-6-16(14)21-15)17-12-24(23-22-17)11-13-4-3-7-19-9-13/h1-2,5-6,8,12-13,19,21H,3-4,7,9-11H2,(H,20,25)/t13-/m0/s1. The van der Waals surface area contributed by atoms with Crippen molar-refractivity contribution in [3.05, 3.63) is 47.9 Å². The van der Waals surface area contributed by atoms with E-state index in [1.807, 2.05) is 30.3 Å². The summed E-state index contributed by atoms with van der Waals surface area (Å²) in [5.74, 6) is 0.351. The van der Waals surface area contributed by atoms with E-state index < -0.39 is 0 Å². The fourth-order valence-electron chi connectivity index (χ4n) is 3.33. The first kappa shape index (κ1) is 15.8. The number of nitrogens with zero attached hydrogens (tertiary/aromatic N) is 3. The number of carbonyl (C=O) groups excluding carboxylic acids is 1. The van der Waals surface area contributed by atoms with Crippen LogP contribution in [0.4, 0.5) is 0 Å². The number of carbonyl (C=O) groups is 1. The number of nitrogens with one attached hydrogen (secondary N) is 3. The van der Waals surface area contributed by atoms with Crippen molar-refractivity contribution in [1.82, 2.24) is 30.6 Å².